The van der Waals surface area contributed by atoms with E-state index in [2.05, 4.69) is 11.4 Å². The summed E-state index contributed by atoms with van der Waals surface area (Å²) < 4.78 is 22.7. The third kappa shape index (κ3) is 3.82. The minimum Gasteiger partial charge on any atom is -0.384 e. The molecule has 1 aliphatic heterocycles. The Bertz CT molecular complexity index is 581. The molecule has 1 N–H and O–H groups in total. The topological polar surface area (TPSA) is 63.2 Å². The van der Waals surface area contributed by atoms with Gasteiger partial charge in [-0.15, -0.1) is 0 Å². The summed E-state index contributed by atoms with van der Waals surface area (Å²) >= 11 is 0. The molecule has 1 aromatic rings. The van der Waals surface area contributed by atoms with Crippen molar-refractivity contribution in [3.63, 3.8) is 0 Å². The molecule has 0 aromatic heterocycles. The van der Waals surface area contributed by atoms with Crippen molar-refractivity contribution in [1.29, 1.82) is 0 Å². The van der Waals surface area contributed by atoms with Crippen LogP contribution in [0, 0.1) is 0 Å². The van der Waals surface area contributed by atoms with E-state index in [-0.39, 0.29) is 23.2 Å². The largest absolute Gasteiger partial charge is 0.384 e. The monoisotopic (exact) mass is 295 g/mol. The third-order valence-corrected chi connectivity index (χ3v) is 5.55. The zero-order valence-electron chi connectivity index (χ0n) is 11.8. The zero-order chi connectivity index (χ0) is 14.6. The first-order chi connectivity index (χ1) is 9.52. The van der Waals surface area contributed by atoms with Crippen molar-refractivity contribution >= 4 is 21.3 Å². The number of fused-ring (bicyclic) bond motifs is 1. The number of hydrogen-bond donors (Lipinski definition) is 1. The number of para-hydroxylation sites is 1. The molecule has 4 nitrogen and oxygen atoms in total. The SMILES string of the molecule is CCS(=O)(=O)CCCC(=O)CC1CNc2ccccc21. The first kappa shape index (κ1) is 15.0. The van der Waals surface area contributed by atoms with Gasteiger partial charge in [-0.3, -0.25) is 4.79 Å². The van der Waals surface area contributed by atoms with Gasteiger partial charge in [0.15, 0.2) is 0 Å². The van der Waals surface area contributed by atoms with E-state index in [0.717, 1.165) is 12.2 Å². The maximum absolute atomic E-state index is 12.0. The average Bonchev–Trinajstić information content (AvgIpc) is 2.82. The molecular formula is C15H21NO3S. The zero-order valence-corrected chi connectivity index (χ0v) is 12.6. The molecule has 0 aliphatic carbocycles. The first-order valence-corrected chi connectivity index (χ1v) is 8.89. The van der Waals surface area contributed by atoms with Gasteiger partial charge in [-0.1, -0.05) is 25.1 Å². The van der Waals surface area contributed by atoms with Gasteiger partial charge < -0.3 is 5.32 Å². The number of anilines is 1. The number of nitrogens with one attached hydrogen (secondary N) is 1. The van der Waals surface area contributed by atoms with E-state index >= 15 is 0 Å². The van der Waals surface area contributed by atoms with Crippen LogP contribution in [0.4, 0.5) is 5.69 Å². The summed E-state index contributed by atoms with van der Waals surface area (Å²) in [6.07, 6.45) is 1.30. The van der Waals surface area contributed by atoms with Crippen molar-refractivity contribution in [1.82, 2.24) is 0 Å². The predicted molar refractivity (Wildman–Crippen MR) is 80.9 cm³/mol. The summed E-state index contributed by atoms with van der Waals surface area (Å²) in [6, 6.07) is 8.03. The minimum atomic E-state index is -2.96. The Labute approximate surface area is 120 Å². The lowest BCUT2D eigenvalue weighted by Gasteiger charge is -2.09. The van der Waals surface area contributed by atoms with Crippen LogP contribution in [-0.2, 0) is 14.6 Å². The Morgan fingerprint density at radius 2 is 2.10 bits per heavy atom. The highest BCUT2D eigenvalue weighted by atomic mass is 32.2. The minimum absolute atomic E-state index is 0.120. The van der Waals surface area contributed by atoms with E-state index in [1.54, 1.807) is 6.92 Å². The molecule has 1 aromatic carbocycles. The van der Waals surface area contributed by atoms with E-state index in [1.165, 1.54) is 5.56 Å². The Morgan fingerprint density at radius 3 is 2.85 bits per heavy atom. The van der Waals surface area contributed by atoms with Crippen molar-refractivity contribution in [3.05, 3.63) is 29.8 Å². The van der Waals surface area contributed by atoms with Crippen LogP contribution in [0.25, 0.3) is 0 Å². The van der Waals surface area contributed by atoms with Gasteiger partial charge in [-0.05, 0) is 18.1 Å². The molecule has 1 aliphatic rings. The summed E-state index contributed by atoms with van der Waals surface area (Å²) in [6.45, 7) is 2.43. The van der Waals surface area contributed by atoms with Gasteiger partial charge in [0.05, 0.1) is 5.75 Å². The molecular weight excluding hydrogens is 274 g/mol. The second-order valence-electron chi connectivity index (χ2n) is 5.25. The summed E-state index contributed by atoms with van der Waals surface area (Å²) in [4.78, 5) is 12.0. The van der Waals surface area contributed by atoms with Gasteiger partial charge in [0.25, 0.3) is 0 Å². The van der Waals surface area contributed by atoms with Crippen molar-refractivity contribution in [2.45, 2.75) is 32.1 Å². The standard InChI is InChI=1S/C15H21NO3S/c1-2-20(18,19)9-5-6-13(17)10-12-11-16-15-8-4-3-7-14(12)15/h3-4,7-8,12,16H,2,5-6,9-11H2,1H3. The van der Waals surface area contributed by atoms with Crippen molar-refractivity contribution < 1.29 is 13.2 Å². The van der Waals surface area contributed by atoms with Gasteiger partial charge in [0.2, 0.25) is 0 Å². The molecule has 20 heavy (non-hydrogen) atoms. The van der Waals surface area contributed by atoms with E-state index in [4.69, 9.17) is 0 Å². The number of sulfone groups is 1. The van der Waals surface area contributed by atoms with Crippen molar-refractivity contribution in [2.24, 2.45) is 0 Å². The second-order valence-corrected chi connectivity index (χ2v) is 7.72. The predicted octanol–water partition coefficient (Wildman–Crippen LogP) is 2.37. The number of carbonyl (C=O) groups is 1. The lowest BCUT2D eigenvalue weighted by Crippen LogP contribution is -2.12. The Balaban J connectivity index is 1.82. The Morgan fingerprint density at radius 1 is 1.35 bits per heavy atom. The fraction of sp³-hybridized carbons (Fsp3) is 0.533. The van der Waals surface area contributed by atoms with Gasteiger partial charge in [0, 0.05) is 36.7 Å². The summed E-state index contributed by atoms with van der Waals surface area (Å²) in [5, 5.41) is 3.30. The van der Waals surface area contributed by atoms with Gasteiger partial charge in [0.1, 0.15) is 15.6 Å². The third-order valence-electron chi connectivity index (χ3n) is 3.76. The summed E-state index contributed by atoms with van der Waals surface area (Å²) in [7, 11) is -2.96. The maximum Gasteiger partial charge on any atom is 0.150 e. The molecule has 0 fully saturated rings. The van der Waals surface area contributed by atoms with E-state index in [1.807, 2.05) is 18.2 Å². The average molecular weight is 295 g/mol. The number of rotatable bonds is 7. The first-order valence-electron chi connectivity index (χ1n) is 7.07. The summed E-state index contributed by atoms with van der Waals surface area (Å²) in [5.74, 6) is 0.650. The van der Waals surface area contributed by atoms with Crippen LogP contribution in [0.15, 0.2) is 24.3 Å². The number of benzene rings is 1. The molecule has 0 spiro atoms. The number of Topliss-reactive ketones (excluding diaryl/α,β-unsaturated/α-hetero) is 1. The number of ketones is 1. The smallest absolute Gasteiger partial charge is 0.150 e. The molecule has 2 rings (SSSR count). The van der Waals surface area contributed by atoms with E-state index in [0.29, 0.717) is 19.3 Å². The molecule has 0 saturated heterocycles. The molecule has 0 saturated carbocycles. The Hall–Kier alpha value is -1.36. The van der Waals surface area contributed by atoms with Crippen LogP contribution in [0.3, 0.4) is 0 Å². The molecule has 5 heteroatoms. The molecule has 0 radical (unpaired) electrons. The van der Waals surface area contributed by atoms with Crippen LogP contribution < -0.4 is 5.32 Å². The molecule has 1 heterocycles. The lowest BCUT2D eigenvalue weighted by atomic mass is 9.94. The van der Waals surface area contributed by atoms with Crippen molar-refractivity contribution in [3.8, 4) is 0 Å². The van der Waals surface area contributed by atoms with Crippen LogP contribution in [0.5, 0.6) is 0 Å². The molecule has 110 valence electrons. The molecule has 0 amide bonds. The maximum atomic E-state index is 12.0. The van der Waals surface area contributed by atoms with Crippen LogP contribution in [0.1, 0.15) is 37.7 Å². The van der Waals surface area contributed by atoms with E-state index < -0.39 is 9.84 Å². The number of carbonyl (C=O) groups excluding carboxylic acids is 1. The number of hydrogen-bond acceptors (Lipinski definition) is 4. The fourth-order valence-corrected chi connectivity index (χ4v) is 3.42. The van der Waals surface area contributed by atoms with Gasteiger partial charge in [-0.25, -0.2) is 8.42 Å². The molecule has 0 bridgehead atoms. The highest BCUT2D eigenvalue weighted by molar-refractivity contribution is 7.91. The molecule has 1 atom stereocenters. The van der Waals surface area contributed by atoms with Crippen LogP contribution in [0.2, 0.25) is 0 Å². The fourth-order valence-electron chi connectivity index (χ4n) is 2.55. The van der Waals surface area contributed by atoms with E-state index in [9.17, 15) is 13.2 Å². The summed E-state index contributed by atoms with van der Waals surface area (Å²) in [5.41, 5.74) is 2.31. The molecule has 1 unspecified atom stereocenters. The van der Waals surface area contributed by atoms with Crippen molar-refractivity contribution in [2.75, 3.05) is 23.4 Å². The Kier molecular flexibility index (Phi) is 4.81. The van der Waals surface area contributed by atoms with Gasteiger partial charge in [-0.2, -0.15) is 0 Å². The van der Waals surface area contributed by atoms with Crippen LogP contribution in [-0.4, -0.2) is 32.3 Å². The second kappa shape index (κ2) is 6.39. The normalized spacial score (nSPS) is 17.6. The van der Waals surface area contributed by atoms with Gasteiger partial charge >= 0.3 is 0 Å². The quantitative estimate of drug-likeness (QED) is 0.839. The highest BCUT2D eigenvalue weighted by Crippen LogP contribution is 2.33. The highest BCUT2D eigenvalue weighted by Gasteiger charge is 2.23. The van der Waals surface area contributed by atoms with Crippen LogP contribution >= 0.6 is 0 Å². The lowest BCUT2D eigenvalue weighted by molar-refractivity contribution is -0.119.